The Kier molecular flexibility index (Phi) is 5.17. The third-order valence-corrected chi connectivity index (χ3v) is 4.19. The van der Waals surface area contributed by atoms with Gasteiger partial charge < -0.3 is 9.73 Å². The van der Waals surface area contributed by atoms with Crippen molar-refractivity contribution in [3.05, 3.63) is 59.1 Å². The number of aryl methyl sites for hydroxylation is 1. The average Bonchev–Trinajstić information content (AvgIpc) is 3.03. The zero-order chi connectivity index (χ0) is 16.9. The second-order valence-corrected chi connectivity index (χ2v) is 6.45. The topological polar surface area (TPSA) is 68.0 Å². The number of thioether (sulfide) groups is 1. The van der Waals surface area contributed by atoms with Crippen molar-refractivity contribution in [3.63, 3.8) is 0 Å². The molecule has 0 aliphatic carbocycles. The molecule has 0 saturated carbocycles. The van der Waals surface area contributed by atoms with Crippen LogP contribution in [0, 0.1) is 6.92 Å². The number of hydrogen-bond donors (Lipinski definition) is 1. The molecule has 3 rings (SSSR count). The van der Waals surface area contributed by atoms with Crippen molar-refractivity contribution in [2.45, 2.75) is 12.1 Å². The van der Waals surface area contributed by atoms with Gasteiger partial charge in [0.1, 0.15) is 0 Å². The van der Waals surface area contributed by atoms with Gasteiger partial charge in [-0.1, -0.05) is 47.1 Å². The van der Waals surface area contributed by atoms with E-state index in [2.05, 4.69) is 15.5 Å². The van der Waals surface area contributed by atoms with Gasteiger partial charge >= 0.3 is 0 Å². The number of anilines is 1. The minimum Gasteiger partial charge on any atom is -0.411 e. The first-order valence-electron chi connectivity index (χ1n) is 7.19. The van der Waals surface area contributed by atoms with E-state index in [0.717, 1.165) is 11.1 Å². The van der Waals surface area contributed by atoms with Gasteiger partial charge in [0.25, 0.3) is 5.22 Å². The summed E-state index contributed by atoms with van der Waals surface area (Å²) in [6, 6.07) is 14.8. The number of hydrogen-bond acceptors (Lipinski definition) is 5. The maximum Gasteiger partial charge on any atom is 0.277 e. The smallest absolute Gasteiger partial charge is 0.277 e. The SMILES string of the molecule is Cc1ccc(-c2nnc(SCC(=O)Nc3cccc(Cl)c3)o2)cc1. The lowest BCUT2D eigenvalue weighted by Crippen LogP contribution is -2.13. The van der Waals surface area contributed by atoms with Crippen LogP contribution in [0.15, 0.2) is 58.2 Å². The number of carbonyl (C=O) groups is 1. The lowest BCUT2D eigenvalue weighted by molar-refractivity contribution is -0.113. The van der Waals surface area contributed by atoms with Crippen LogP contribution in [0.3, 0.4) is 0 Å². The number of benzene rings is 2. The van der Waals surface area contributed by atoms with E-state index in [0.29, 0.717) is 21.8 Å². The Balaban J connectivity index is 1.57. The van der Waals surface area contributed by atoms with Crippen LogP contribution in [0.1, 0.15) is 5.56 Å². The molecule has 1 N–H and O–H groups in total. The summed E-state index contributed by atoms with van der Waals surface area (Å²) in [7, 11) is 0. The molecule has 0 unspecified atom stereocenters. The third kappa shape index (κ3) is 4.37. The highest BCUT2D eigenvalue weighted by Crippen LogP contribution is 2.23. The van der Waals surface area contributed by atoms with Crippen LogP contribution in [0.4, 0.5) is 5.69 Å². The van der Waals surface area contributed by atoms with Crippen molar-refractivity contribution >= 4 is 35.0 Å². The Hall–Kier alpha value is -2.31. The molecule has 7 heteroatoms. The first kappa shape index (κ1) is 16.5. The van der Waals surface area contributed by atoms with Gasteiger partial charge in [-0.3, -0.25) is 4.79 Å². The normalized spacial score (nSPS) is 10.6. The summed E-state index contributed by atoms with van der Waals surface area (Å²) in [4.78, 5) is 11.9. The highest BCUT2D eigenvalue weighted by atomic mass is 35.5. The summed E-state index contributed by atoms with van der Waals surface area (Å²) < 4.78 is 5.57. The first-order valence-corrected chi connectivity index (χ1v) is 8.55. The number of nitrogens with one attached hydrogen (secondary N) is 1. The standard InChI is InChI=1S/C17H14ClN3O2S/c1-11-5-7-12(8-6-11)16-20-21-17(23-16)24-10-15(22)19-14-4-2-3-13(18)9-14/h2-9H,10H2,1H3,(H,19,22). The molecule has 0 saturated heterocycles. The van der Waals surface area contributed by atoms with Gasteiger partial charge in [-0.05, 0) is 37.3 Å². The maximum atomic E-state index is 11.9. The van der Waals surface area contributed by atoms with Gasteiger partial charge in [0.15, 0.2) is 0 Å². The lowest BCUT2D eigenvalue weighted by Gasteiger charge is -2.03. The van der Waals surface area contributed by atoms with Gasteiger partial charge in [-0.2, -0.15) is 0 Å². The largest absolute Gasteiger partial charge is 0.411 e. The van der Waals surface area contributed by atoms with Crippen LogP contribution >= 0.6 is 23.4 Å². The molecule has 5 nitrogen and oxygen atoms in total. The Morgan fingerprint density at radius 3 is 2.75 bits per heavy atom. The molecule has 0 fully saturated rings. The summed E-state index contributed by atoms with van der Waals surface area (Å²) in [5, 5.41) is 11.6. The molecule has 1 heterocycles. The van der Waals surface area contributed by atoms with Crippen molar-refractivity contribution in [2.24, 2.45) is 0 Å². The minimum atomic E-state index is -0.169. The van der Waals surface area contributed by atoms with E-state index in [1.54, 1.807) is 24.3 Å². The number of halogens is 1. The summed E-state index contributed by atoms with van der Waals surface area (Å²) >= 11 is 7.07. The van der Waals surface area contributed by atoms with E-state index < -0.39 is 0 Å². The molecule has 122 valence electrons. The Morgan fingerprint density at radius 2 is 2.00 bits per heavy atom. The summed E-state index contributed by atoms with van der Waals surface area (Å²) in [5.74, 6) is 0.437. The molecule has 3 aromatic rings. The first-order chi connectivity index (χ1) is 11.6. The van der Waals surface area contributed by atoms with E-state index in [9.17, 15) is 4.79 Å². The van der Waals surface area contributed by atoms with E-state index in [-0.39, 0.29) is 11.7 Å². The van der Waals surface area contributed by atoms with Crippen LogP contribution in [-0.4, -0.2) is 21.9 Å². The highest BCUT2D eigenvalue weighted by Gasteiger charge is 2.11. The molecule has 0 aliphatic rings. The molecule has 0 radical (unpaired) electrons. The van der Waals surface area contributed by atoms with Crippen LogP contribution in [0.25, 0.3) is 11.5 Å². The van der Waals surface area contributed by atoms with Crippen LogP contribution in [0.5, 0.6) is 0 Å². The summed E-state index contributed by atoms with van der Waals surface area (Å²) in [5.41, 5.74) is 2.66. The van der Waals surface area contributed by atoms with E-state index in [1.807, 2.05) is 31.2 Å². The van der Waals surface area contributed by atoms with Crippen LogP contribution in [-0.2, 0) is 4.79 Å². The number of nitrogens with zero attached hydrogens (tertiary/aromatic N) is 2. The lowest BCUT2D eigenvalue weighted by atomic mass is 10.1. The third-order valence-electron chi connectivity index (χ3n) is 3.14. The quantitative estimate of drug-likeness (QED) is 0.682. The van der Waals surface area contributed by atoms with Crippen molar-refractivity contribution in [1.82, 2.24) is 10.2 Å². The molecule has 1 aromatic heterocycles. The monoisotopic (exact) mass is 359 g/mol. The summed E-state index contributed by atoms with van der Waals surface area (Å²) in [6.45, 7) is 2.01. The highest BCUT2D eigenvalue weighted by molar-refractivity contribution is 7.99. The number of aromatic nitrogens is 2. The molecular formula is C17H14ClN3O2S. The second kappa shape index (κ2) is 7.51. The zero-order valence-corrected chi connectivity index (χ0v) is 14.4. The Morgan fingerprint density at radius 1 is 1.21 bits per heavy atom. The molecule has 2 aromatic carbocycles. The second-order valence-electron chi connectivity index (χ2n) is 5.09. The van der Waals surface area contributed by atoms with Crippen molar-refractivity contribution in [3.8, 4) is 11.5 Å². The molecule has 1 amide bonds. The minimum absolute atomic E-state index is 0.169. The maximum absolute atomic E-state index is 11.9. The molecule has 0 atom stereocenters. The van der Waals surface area contributed by atoms with Gasteiger partial charge in [-0.25, -0.2) is 0 Å². The predicted octanol–water partition coefficient (Wildman–Crippen LogP) is 4.43. The van der Waals surface area contributed by atoms with Gasteiger partial charge in [0, 0.05) is 16.3 Å². The van der Waals surface area contributed by atoms with E-state index >= 15 is 0 Å². The fourth-order valence-electron chi connectivity index (χ4n) is 1.97. The zero-order valence-electron chi connectivity index (χ0n) is 12.8. The molecular weight excluding hydrogens is 346 g/mol. The number of carbonyl (C=O) groups excluding carboxylic acids is 1. The molecule has 0 spiro atoms. The molecule has 0 bridgehead atoms. The van der Waals surface area contributed by atoms with Gasteiger partial charge in [0.2, 0.25) is 11.8 Å². The predicted molar refractivity (Wildman–Crippen MR) is 95.3 cm³/mol. The van der Waals surface area contributed by atoms with Crippen molar-refractivity contribution < 1.29 is 9.21 Å². The van der Waals surface area contributed by atoms with Crippen LogP contribution in [0.2, 0.25) is 5.02 Å². The number of amides is 1. The molecule has 0 aliphatic heterocycles. The summed E-state index contributed by atoms with van der Waals surface area (Å²) in [6.07, 6.45) is 0. The fraction of sp³-hybridized carbons (Fsp3) is 0.118. The van der Waals surface area contributed by atoms with Crippen molar-refractivity contribution in [1.29, 1.82) is 0 Å². The van der Waals surface area contributed by atoms with E-state index in [1.165, 1.54) is 11.8 Å². The average molecular weight is 360 g/mol. The number of rotatable bonds is 5. The van der Waals surface area contributed by atoms with Gasteiger partial charge in [-0.15, -0.1) is 10.2 Å². The van der Waals surface area contributed by atoms with Gasteiger partial charge in [0.05, 0.1) is 5.75 Å². The Labute approximate surface area is 148 Å². The van der Waals surface area contributed by atoms with Crippen molar-refractivity contribution in [2.75, 3.05) is 11.1 Å². The van der Waals surface area contributed by atoms with Crippen LogP contribution < -0.4 is 5.32 Å². The Bertz CT molecular complexity index is 849. The molecule has 24 heavy (non-hydrogen) atoms. The van der Waals surface area contributed by atoms with E-state index in [4.69, 9.17) is 16.0 Å². The fourth-order valence-corrected chi connectivity index (χ4v) is 2.72.